The van der Waals surface area contributed by atoms with E-state index >= 15 is 0 Å². The summed E-state index contributed by atoms with van der Waals surface area (Å²) in [5.74, 6) is 0.0225. The molecule has 3 rings (SSSR count). The van der Waals surface area contributed by atoms with Crippen LogP contribution in [-0.4, -0.2) is 48.9 Å². The van der Waals surface area contributed by atoms with Gasteiger partial charge in [0.25, 0.3) is 0 Å². The van der Waals surface area contributed by atoms with Gasteiger partial charge >= 0.3 is 6.18 Å². The maximum Gasteiger partial charge on any atom is 0.418 e. The van der Waals surface area contributed by atoms with E-state index in [-0.39, 0.29) is 23.5 Å². The van der Waals surface area contributed by atoms with Crippen molar-refractivity contribution in [1.82, 2.24) is 10.2 Å². The molecular formula is C18H22F3N3O2. The highest BCUT2D eigenvalue weighted by Crippen LogP contribution is 2.36. The third-order valence-electron chi connectivity index (χ3n) is 4.97. The van der Waals surface area contributed by atoms with Gasteiger partial charge in [0.2, 0.25) is 11.8 Å². The molecule has 1 atom stereocenters. The first-order valence-corrected chi connectivity index (χ1v) is 8.83. The minimum absolute atomic E-state index is 0.00472. The van der Waals surface area contributed by atoms with Gasteiger partial charge in [-0.2, -0.15) is 13.2 Å². The van der Waals surface area contributed by atoms with Gasteiger partial charge < -0.3 is 15.1 Å². The molecule has 1 aromatic rings. The molecule has 2 aliphatic rings. The highest BCUT2D eigenvalue weighted by molar-refractivity contribution is 5.79. The summed E-state index contributed by atoms with van der Waals surface area (Å²) in [6.45, 7) is 1.56. The Labute approximate surface area is 150 Å². The fourth-order valence-corrected chi connectivity index (χ4v) is 3.54. The summed E-state index contributed by atoms with van der Waals surface area (Å²) in [4.78, 5) is 26.9. The van der Waals surface area contributed by atoms with Gasteiger partial charge in [-0.15, -0.1) is 0 Å². The average Bonchev–Trinajstić information content (AvgIpc) is 3.04. The number of piperazine rings is 1. The van der Waals surface area contributed by atoms with Crippen molar-refractivity contribution in [3.63, 3.8) is 0 Å². The van der Waals surface area contributed by atoms with Crippen molar-refractivity contribution in [2.45, 2.75) is 37.9 Å². The predicted octanol–water partition coefficient (Wildman–Crippen LogP) is 2.41. The molecule has 2 saturated heterocycles. The van der Waals surface area contributed by atoms with Gasteiger partial charge in [0, 0.05) is 50.7 Å². The van der Waals surface area contributed by atoms with Crippen LogP contribution in [0.15, 0.2) is 24.3 Å². The van der Waals surface area contributed by atoms with Gasteiger partial charge in [-0.05, 0) is 25.0 Å². The lowest BCUT2D eigenvalue weighted by Gasteiger charge is -2.37. The number of hydrogen-bond acceptors (Lipinski definition) is 3. The lowest BCUT2D eigenvalue weighted by molar-refractivity contribution is -0.137. The van der Waals surface area contributed by atoms with Crippen LogP contribution >= 0.6 is 0 Å². The lowest BCUT2D eigenvalue weighted by atomic mass is 10.1. The summed E-state index contributed by atoms with van der Waals surface area (Å²) in [7, 11) is 0. The first-order chi connectivity index (χ1) is 12.3. The van der Waals surface area contributed by atoms with Crippen LogP contribution in [0.25, 0.3) is 0 Å². The number of nitrogens with zero attached hydrogens (tertiary/aromatic N) is 2. The third-order valence-corrected chi connectivity index (χ3v) is 4.97. The third kappa shape index (κ3) is 4.28. The number of hydrogen-bond donors (Lipinski definition) is 1. The molecule has 0 bridgehead atoms. The number of halogens is 3. The number of anilines is 1. The van der Waals surface area contributed by atoms with E-state index in [2.05, 4.69) is 5.32 Å². The fraction of sp³-hybridized carbons (Fsp3) is 0.556. The second kappa shape index (κ2) is 7.55. The Morgan fingerprint density at radius 1 is 1.15 bits per heavy atom. The SMILES string of the molecule is O=C1CC[C@H](CCC(=O)N2CCN(c3ccccc3C(F)(F)F)CC2)N1. The molecule has 2 fully saturated rings. The van der Waals surface area contributed by atoms with Gasteiger partial charge in [-0.25, -0.2) is 0 Å². The van der Waals surface area contributed by atoms with E-state index in [0.717, 1.165) is 12.5 Å². The molecule has 2 heterocycles. The van der Waals surface area contributed by atoms with Crippen molar-refractivity contribution >= 4 is 17.5 Å². The van der Waals surface area contributed by atoms with Crippen LogP contribution in [0.3, 0.4) is 0 Å². The van der Waals surface area contributed by atoms with Crippen molar-refractivity contribution in [3.05, 3.63) is 29.8 Å². The predicted molar refractivity (Wildman–Crippen MR) is 90.6 cm³/mol. The molecular weight excluding hydrogens is 347 g/mol. The zero-order valence-corrected chi connectivity index (χ0v) is 14.4. The topological polar surface area (TPSA) is 52.7 Å². The Bertz CT molecular complexity index is 670. The smallest absolute Gasteiger partial charge is 0.367 e. The van der Waals surface area contributed by atoms with Gasteiger partial charge in [0.15, 0.2) is 0 Å². The van der Waals surface area contributed by atoms with Gasteiger partial charge in [-0.1, -0.05) is 12.1 Å². The minimum atomic E-state index is -4.39. The number of carbonyl (C=O) groups is 2. The number of alkyl halides is 3. The van der Waals surface area contributed by atoms with E-state index in [1.807, 2.05) is 0 Å². The van der Waals surface area contributed by atoms with Gasteiger partial charge in [0.05, 0.1) is 5.56 Å². The Hall–Kier alpha value is -2.25. The second-order valence-electron chi connectivity index (χ2n) is 6.72. The van der Waals surface area contributed by atoms with Gasteiger partial charge in [-0.3, -0.25) is 9.59 Å². The van der Waals surface area contributed by atoms with Gasteiger partial charge in [0.1, 0.15) is 0 Å². The highest BCUT2D eigenvalue weighted by atomic mass is 19.4. The lowest BCUT2D eigenvalue weighted by Crippen LogP contribution is -2.49. The molecule has 0 spiro atoms. The summed E-state index contributed by atoms with van der Waals surface area (Å²) in [6, 6.07) is 5.60. The number of nitrogens with one attached hydrogen (secondary N) is 1. The Kier molecular flexibility index (Phi) is 5.38. The second-order valence-corrected chi connectivity index (χ2v) is 6.72. The van der Waals surface area contributed by atoms with Crippen molar-refractivity contribution in [2.24, 2.45) is 0 Å². The van der Waals surface area contributed by atoms with Crippen LogP contribution in [-0.2, 0) is 15.8 Å². The van der Waals surface area contributed by atoms with Crippen LogP contribution in [0.5, 0.6) is 0 Å². The summed E-state index contributed by atoms with van der Waals surface area (Å²) >= 11 is 0. The molecule has 2 amide bonds. The molecule has 8 heteroatoms. The molecule has 0 saturated carbocycles. The number of amides is 2. The number of para-hydroxylation sites is 1. The number of carbonyl (C=O) groups excluding carboxylic acids is 2. The fourth-order valence-electron chi connectivity index (χ4n) is 3.54. The largest absolute Gasteiger partial charge is 0.418 e. The highest BCUT2D eigenvalue weighted by Gasteiger charge is 2.35. The molecule has 1 aromatic carbocycles. The Balaban J connectivity index is 1.53. The molecule has 0 aromatic heterocycles. The molecule has 1 N–H and O–H groups in total. The maximum absolute atomic E-state index is 13.2. The van der Waals surface area contributed by atoms with Crippen molar-refractivity contribution < 1.29 is 22.8 Å². The van der Waals surface area contributed by atoms with Crippen molar-refractivity contribution in [2.75, 3.05) is 31.1 Å². The van der Waals surface area contributed by atoms with Crippen molar-refractivity contribution in [1.29, 1.82) is 0 Å². The van der Waals surface area contributed by atoms with E-state index in [0.29, 0.717) is 45.4 Å². The van der Waals surface area contributed by atoms with E-state index in [1.165, 1.54) is 12.1 Å². The van der Waals surface area contributed by atoms with Crippen LogP contribution in [0, 0.1) is 0 Å². The zero-order chi connectivity index (χ0) is 18.7. The number of benzene rings is 1. The maximum atomic E-state index is 13.2. The van der Waals surface area contributed by atoms with E-state index in [9.17, 15) is 22.8 Å². The molecule has 26 heavy (non-hydrogen) atoms. The van der Waals surface area contributed by atoms with E-state index in [1.54, 1.807) is 15.9 Å². The molecule has 142 valence electrons. The molecule has 2 aliphatic heterocycles. The molecule has 0 aliphatic carbocycles. The molecule has 0 radical (unpaired) electrons. The van der Waals surface area contributed by atoms with Crippen LogP contribution in [0.4, 0.5) is 18.9 Å². The zero-order valence-electron chi connectivity index (χ0n) is 14.4. The summed E-state index contributed by atoms with van der Waals surface area (Å²) in [6.07, 6.45) is -2.16. The van der Waals surface area contributed by atoms with E-state index in [4.69, 9.17) is 0 Å². The summed E-state index contributed by atoms with van der Waals surface area (Å²) in [5.41, 5.74) is -0.475. The molecule has 5 nitrogen and oxygen atoms in total. The Morgan fingerprint density at radius 3 is 2.46 bits per heavy atom. The Morgan fingerprint density at radius 2 is 1.85 bits per heavy atom. The summed E-state index contributed by atoms with van der Waals surface area (Å²) < 4.78 is 39.5. The summed E-state index contributed by atoms with van der Waals surface area (Å²) in [5, 5.41) is 2.84. The monoisotopic (exact) mass is 369 g/mol. The van der Waals surface area contributed by atoms with Crippen LogP contribution in [0.2, 0.25) is 0 Å². The molecule has 0 unspecified atom stereocenters. The average molecular weight is 369 g/mol. The van der Waals surface area contributed by atoms with Crippen LogP contribution in [0.1, 0.15) is 31.2 Å². The number of rotatable bonds is 4. The standard InChI is InChI=1S/C18H22F3N3O2/c19-18(20,21)14-3-1-2-4-15(14)23-9-11-24(12-10-23)17(26)8-6-13-5-7-16(25)22-13/h1-4,13H,5-12H2,(H,22,25)/t13-/m1/s1. The minimum Gasteiger partial charge on any atom is -0.367 e. The van der Waals surface area contributed by atoms with E-state index < -0.39 is 11.7 Å². The van der Waals surface area contributed by atoms with Crippen molar-refractivity contribution in [3.8, 4) is 0 Å². The quantitative estimate of drug-likeness (QED) is 0.887. The first-order valence-electron chi connectivity index (χ1n) is 8.83. The normalized spacial score (nSPS) is 21.0. The first kappa shape index (κ1) is 18.5. The van der Waals surface area contributed by atoms with Crippen LogP contribution < -0.4 is 10.2 Å².